The van der Waals surface area contributed by atoms with Crippen LogP contribution in [0.1, 0.15) is 30.2 Å². The van der Waals surface area contributed by atoms with E-state index in [2.05, 4.69) is 0 Å². The zero-order valence-electron chi connectivity index (χ0n) is 22.4. The molecule has 2 aromatic heterocycles. The molecule has 0 aliphatic rings. The van der Waals surface area contributed by atoms with Gasteiger partial charge in [0.1, 0.15) is 21.5 Å². The van der Waals surface area contributed by atoms with E-state index in [1.165, 1.54) is 6.07 Å². The molecule has 1 atom stereocenters. The fourth-order valence-electron chi connectivity index (χ4n) is 3.93. The Kier molecular flexibility index (Phi) is 10.8. The molecule has 0 bridgehead atoms. The minimum Gasteiger partial charge on any atom is -0.496 e. The van der Waals surface area contributed by atoms with Crippen LogP contribution in [-0.4, -0.2) is 54.4 Å². The van der Waals surface area contributed by atoms with Crippen LogP contribution >= 0.6 is 22.9 Å². The van der Waals surface area contributed by atoms with Crippen LogP contribution in [0.4, 0.5) is 13.2 Å². The monoisotopic (exact) mass is 645 g/mol. The molecule has 0 radical (unpaired) electrons. The lowest BCUT2D eigenvalue weighted by Crippen LogP contribution is -2.26. The Morgan fingerprint density at radius 3 is 2.36 bits per heavy atom. The number of halogens is 4. The number of benzene rings is 2. The Labute approximate surface area is 248 Å². The van der Waals surface area contributed by atoms with Crippen LogP contribution in [0.15, 0.2) is 58.8 Å². The number of carbonyl (C=O) groups excluding carboxylic acids is 1. The number of sulfone groups is 1. The number of Topliss-reactive ketones (excluding diaryl/α,β-unsaturated/α-hetero) is 1. The molecule has 0 fully saturated rings. The van der Waals surface area contributed by atoms with Crippen molar-refractivity contribution >= 4 is 55.4 Å². The molecule has 9 nitrogen and oxygen atoms in total. The molecular weight excluding hydrogens is 619 g/mol. The standard InChI is InChI=1S/C25H26ClN3O4S2.C2HF3O2/c1-16(27)21(30)10-9-17-5-3-6-18(13-17)14-29-20-7-4-8-22(33-2)25(20)19(28-29)15-35(31,32)24-12-11-23(26)34-24;3-2(4,5)1(6)7/h3-8,11-13,16H,9-10,14-15,27H2,1-2H3;(H,6,7)/t16-;/m0./s1. The number of carboxylic acid groups (broad SMARTS) is 1. The lowest BCUT2D eigenvalue weighted by atomic mass is 10.0. The number of fused-ring (bicyclic) bond motifs is 1. The van der Waals surface area contributed by atoms with Crippen LogP contribution in [0.25, 0.3) is 10.9 Å². The van der Waals surface area contributed by atoms with E-state index in [1.807, 2.05) is 36.4 Å². The zero-order valence-corrected chi connectivity index (χ0v) is 24.8. The van der Waals surface area contributed by atoms with Crippen molar-refractivity contribution in [2.45, 2.75) is 48.5 Å². The van der Waals surface area contributed by atoms with Crippen molar-refractivity contribution in [1.82, 2.24) is 9.78 Å². The van der Waals surface area contributed by atoms with Gasteiger partial charge in [0.15, 0.2) is 9.84 Å². The number of nitrogens with two attached hydrogens (primary N) is 1. The van der Waals surface area contributed by atoms with Gasteiger partial charge in [-0.15, -0.1) is 11.3 Å². The molecular formula is C27H27ClF3N3O6S2. The number of rotatable bonds is 10. The van der Waals surface area contributed by atoms with E-state index in [0.717, 1.165) is 28.0 Å². The molecule has 0 saturated heterocycles. The average molecular weight is 646 g/mol. The summed E-state index contributed by atoms with van der Waals surface area (Å²) in [5.74, 6) is -2.44. The fraction of sp³-hybridized carbons (Fsp3) is 0.296. The largest absolute Gasteiger partial charge is 0.496 e. The number of carbonyl (C=O) groups is 2. The van der Waals surface area contributed by atoms with E-state index < -0.39 is 28.0 Å². The quantitative estimate of drug-likeness (QED) is 0.238. The number of alkyl halides is 3. The minimum atomic E-state index is -5.08. The van der Waals surface area contributed by atoms with E-state index in [1.54, 1.807) is 30.8 Å². The number of ketones is 1. The van der Waals surface area contributed by atoms with Crippen molar-refractivity contribution in [3.63, 3.8) is 0 Å². The first kappa shape index (κ1) is 33.0. The van der Waals surface area contributed by atoms with Crippen LogP contribution in [0.3, 0.4) is 0 Å². The lowest BCUT2D eigenvalue weighted by Gasteiger charge is -2.08. The van der Waals surface area contributed by atoms with Gasteiger partial charge in [-0.05, 0) is 48.7 Å². The number of ether oxygens (including phenoxy) is 1. The van der Waals surface area contributed by atoms with Crippen molar-refractivity contribution < 1.29 is 41.0 Å². The minimum absolute atomic E-state index is 0.0263. The van der Waals surface area contributed by atoms with Crippen LogP contribution < -0.4 is 10.5 Å². The van der Waals surface area contributed by atoms with Gasteiger partial charge in [0.2, 0.25) is 0 Å². The Hall–Kier alpha value is -3.46. The highest BCUT2D eigenvalue weighted by molar-refractivity contribution is 7.92. The van der Waals surface area contributed by atoms with Crippen molar-refractivity contribution in [2.75, 3.05) is 7.11 Å². The summed E-state index contributed by atoms with van der Waals surface area (Å²) in [5, 5.41) is 12.5. The molecule has 0 saturated carbocycles. The van der Waals surface area contributed by atoms with Crippen LogP contribution in [0, 0.1) is 0 Å². The summed E-state index contributed by atoms with van der Waals surface area (Å²) in [4.78, 5) is 20.8. The molecule has 4 rings (SSSR count). The Balaban J connectivity index is 0.000000616. The maximum Gasteiger partial charge on any atom is 0.490 e. The molecule has 0 spiro atoms. The number of thiophene rings is 1. The first-order valence-corrected chi connectivity index (χ1v) is 15.1. The highest BCUT2D eigenvalue weighted by Gasteiger charge is 2.38. The Morgan fingerprint density at radius 2 is 1.79 bits per heavy atom. The number of methoxy groups -OCH3 is 1. The van der Waals surface area contributed by atoms with Crippen LogP contribution in [-0.2, 0) is 38.1 Å². The van der Waals surface area contributed by atoms with Crippen molar-refractivity contribution in [1.29, 1.82) is 0 Å². The average Bonchev–Trinajstić information content (AvgIpc) is 3.51. The second-order valence-electron chi connectivity index (χ2n) is 9.15. The number of nitrogens with zero attached hydrogens (tertiary/aromatic N) is 2. The molecule has 0 aliphatic heterocycles. The maximum absolute atomic E-state index is 13.1. The summed E-state index contributed by atoms with van der Waals surface area (Å²) in [5.41, 5.74) is 8.88. The van der Waals surface area contributed by atoms with Gasteiger partial charge in [-0.25, -0.2) is 13.2 Å². The van der Waals surface area contributed by atoms with E-state index >= 15 is 0 Å². The SMILES string of the molecule is COc1cccc2c1c(CS(=O)(=O)c1ccc(Cl)s1)nn2Cc1cccc(CCC(=O)[C@H](C)N)c1.O=C(O)C(F)(F)F. The molecule has 2 heterocycles. The topological polar surface area (TPSA) is 142 Å². The van der Waals surface area contributed by atoms with E-state index in [4.69, 9.17) is 37.1 Å². The van der Waals surface area contributed by atoms with E-state index in [-0.39, 0.29) is 15.7 Å². The molecule has 3 N–H and O–H groups in total. The predicted molar refractivity (Wildman–Crippen MR) is 153 cm³/mol. The predicted octanol–water partition coefficient (Wildman–Crippen LogP) is 5.26. The second-order valence-corrected chi connectivity index (χ2v) is 13.1. The smallest absolute Gasteiger partial charge is 0.490 e. The molecule has 0 amide bonds. The van der Waals surface area contributed by atoms with Gasteiger partial charge >= 0.3 is 12.1 Å². The van der Waals surface area contributed by atoms with E-state index in [9.17, 15) is 26.4 Å². The van der Waals surface area contributed by atoms with Crippen molar-refractivity contribution in [2.24, 2.45) is 5.73 Å². The van der Waals surface area contributed by atoms with E-state index in [0.29, 0.717) is 40.6 Å². The third kappa shape index (κ3) is 8.53. The number of aryl methyl sites for hydroxylation is 1. The highest BCUT2D eigenvalue weighted by Crippen LogP contribution is 2.33. The van der Waals surface area contributed by atoms with Crippen molar-refractivity contribution in [3.05, 3.63) is 75.8 Å². The summed E-state index contributed by atoms with van der Waals surface area (Å²) in [6.45, 7) is 2.13. The summed E-state index contributed by atoms with van der Waals surface area (Å²) < 4.78 is 65.8. The molecule has 42 heavy (non-hydrogen) atoms. The molecule has 2 aromatic carbocycles. The zero-order chi connectivity index (χ0) is 31.2. The Bertz CT molecular complexity index is 1680. The highest BCUT2D eigenvalue weighted by atomic mass is 35.5. The number of aromatic nitrogens is 2. The van der Waals surface area contributed by atoms with Crippen LogP contribution in [0.2, 0.25) is 4.34 Å². The fourth-order valence-corrected chi connectivity index (χ4v) is 6.78. The number of carboxylic acids is 1. The first-order chi connectivity index (χ1) is 19.6. The van der Waals surface area contributed by atoms with Gasteiger partial charge in [-0.2, -0.15) is 18.3 Å². The molecule has 0 unspecified atom stereocenters. The molecule has 15 heteroatoms. The van der Waals surface area contributed by atoms with Crippen LogP contribution in [0.5, 0.6) is 5.75 Å². The summed E-state index contributed by atoms with van der Waals surface area (Å²) in [6, 6.07) is 16.1. The third-order valence-corrected chi connectivity index (χ3v) is 9.39. The van der Waals surface area contributed by atoms with Gasteiger partial charge in [-0.1, -0.05) is 41.9 Å². The number of aliphatic carboxylic acids is 1. The van der Waals surface area contributed by atoms with Gasteiger partial charge in [0, 0.05) is 6.42 Å². The maximum atomic E-state index is 13.1. The van der Waals surface area contributed by atoms with Crippen molar-refractivity contribution in [3.8, 4) is 5.75 Å². The van der Waals surface area contributed by atoms with Gasteiger partial charge in [0.25, 0.3) is 0 Å². The van der Waals surface area contributed by atoms with Gasteiger partial charge in [-0.3, -0.25) is 9.48 Å². The molecule has 226 valence electrons. The third-order valence-electron chi connectivity index (χ3n) is 5.95. The number of hydrogen-bond acceptors (Lipinski definition) is 8. The summed E-state index contributed by atoms with van der Waals surface area (Å²) in [7, 11) is -2.09. The summed E-state index contributed by atoms with van der Waals surface area (Å²) >= 11 is 6.99. The Morgan fingerprint density at radius 1 is 1.14 bits per heavy atom. The normalized spacial score (nSPS) is 12.5. The number of hydrogen-bond donors (Lipinski definition) is 2. The second kappa shape index (κ2) is 13.7. The summed E-state index contributed by atoms with van der Waals surface area (Å²) in [6.07, 6.45) is -4.09. The lowest BCUT2D eigenvalue weighted by molar-refractivity contribution is -0.192. The first-order valence-electron chi connectivity index (χ1n) is 12.3. The molecule has 0 aliphatic carbocycles. The van der Waals surface area contributed by atoms with Gasteiger partial charge in [0.05, 0.1) is 40.6 Å². The molecule has 4 aromatic rings. The van der Waals surface area contributed by atoms with Gasteiger partial charge < -0.3 is 15.6 Å².